The van der Waals surface area contributed by atoms with Gasteiger partial charge < -0.3 is 21.5 Å². The van der Waals surface area contributed by atoms with E-state index in [4.69, 9.17) is 16.2 Å². The van der Waals surface area contributed by atoms with Gasteiger partial charge in [-0.05, 0) is 74.1 Å². The quantitative estimate of drug-likeness (QED) is 0.419. The standard InChI is InChI=1S/C30H34N4O4/c31-17-27(36)38-20-9-7-19(8-10-20)33-23-14-18(6-11-21(23)29(32)37)28-22-4-1-2-5-24(22)34-25(28)15-30(12-3-13-30)16-26(34)35/h1-2,4-6,11,14,19-20,33H,3,7-10,12-13,15-17,31H2,(H2,32,37). The highest BCUT2D eigenvalue weighted by molar-refractivity contribution is 6.06. The fraction of sp³-hybridized carbons (Fsp3) is 0.433. The third-order valence-corrected chi connectivity index (χ3v) is 8.78. The normalized spacial score (nSPS) is 22.1. The van der Waals surface area contributed by atoms with Gasteiger partial charge in [0.2, 0.25) is 5.91 Å². The molecular weight excluding hydrogens is 480 g/mol. The molecule has 3 aromatic rings. The number of para-hydroxylation sites is 1. The van der Waals surface area contributed by atoms with Crippen molar-refractivity contribution in [1.29, 1.82) is 0 Å². The second-order valence-corrected chi connectivity index (χ2v) is 11.2. The first-order chi connectivity index (χ1) is 18.4. The van der Waals surface area contributed by atoms with E-state index < -0.39 is 5.91 Å². The molecule has 2 saturated carbocycles. The van der Waals surface area contributed by atoms with Crippen LogP contribution in [0.5, 0.6) is 0 Å². The molecule has 1 spiro atoms. The molecule has 8 heteroatoms. The highest BCUT2D eigenvalue weighted by atomic mass is 16.5. The van der Waals surface area contributed by atoms with E-state index in [1.807, 2.05) is 34.9 Å². The maximum absolute atomic E-state index is 13.4. The SMILES string of the molecule is NCC(=O)OC1CCC(Nc2cc(-c3c4n(c5ccccc35)C(=O)CC3(CCC3)C4)ccc2C(N)=O)CC1. The zero-order valence-corrected chi connectivity index (χ0v) is 21.5. The Morgan fingerprint density at radius 2 is 1.82 bits per heavy atom. The van der Waals surface area contributed by atoms with Crippen molar-refractivity contribution >= 4 is 34.4 Å². The monoisotopic (exact) mass is 514 g/mol. The molecule has 38 heavy (non-hydrogen) atoms. The highest BCUT2D eigenvalue weighted by Gasteiger charge is 2.45. The molecule has 2 heterocycles. The van der Waals surface area contributed by atoms with E-state index in [1.165, 1.54) is 6.42 Å². The van der Waals surface area contributed by atoms with Crippen LogP contribution in [0, 0.1) is 5.41 Å². The lowest BCUT2D eigenvalue weighted by molar-refractivity contribution is -0.148. The highest BCUT2D eigenvalue weighted by Crippen LogP contribution is 2.52. The minimum Gasteiger partial charge on any atom is -0.461 e. The molecule has 0 saturated heterocycles. The van der Waals surface area contributed by atoms with E-state index >= 15 is 0 Å². The molecule has 3 aliphatic rings. The number of anilines is 1. The fourth-order valence-corrected chi connectivity index (χ4v) is 6.73. The van der Waals surface area contributed by atoms with Gasteiger partial charge in [-0.25, -0.2) is 0 Å². The molecule has 8 nitrogen and oxygen atoms in total. The van der Waals surface area contributed by atoms with Crippen molar-refractivity contribution in [3.05, 3.63) is 53.7 Å². The van der Waals surface area contributed by atoms with E-state index in [2.05, 4.69) is 11.4 Å². The Bertz CT molecular complexity index is 1430. The number of amides is 1. The molecule has 2 aromatic carbocycles. The van der Waals surface area contributed by atoms with Crippen molar-refractivity contribution in [2.75, 3.05) is 11.9 Å². The van der Waals surface area contributed by atoms with Crippen LogP contribution in [-0.4, -0.2) is 41.0 Å². The number of benzene rings is 2. The number of hydrogen-bond donors (Lipinski definition) is 3. The van der Waals surface area contributed by atoms with Gasteiger partial charge in [-0.1, -0.05) is 30.7 Å². The average Bonchev–Trinajstić information content (AvgIpc) is 3.23. The largest absolute Gasteiger partial charge is 0.461 e. The summed E-state index contributed by atoms with van der Waals surface area (Å²) in [6, 6.07) is 14.0. The Morgan fingerprint density at radius 1 is 1.05 bits per heavy atom. The molecule has 1 aromatic heterocycles. The molecule has 5 N–H and O–H groups in total. The molecule has 6 rings (SSSR count). The van der Waals surface area contributed by atoms with Crippen molar-refractivity contribution in [2.24, 2.45) is 16.9 Å². The third-order valence-electron chi connectivity index (χ3n) is 8.78. The number of primary amides is 1. The smallest absolute Gasteiger partial charge is 0.319 e. The summed E-state index contributed by atoms with van der Waals surface area (Å²) >= 11 is 0. The van der Waals surface area contributed by atoms with Crippen molar-refractivity contribution in [2.45, 2.75) is 69.9 Å². The summed E-state index contributed by atoms with van der Waals surface area (Å²) in [5, 5.41) is 4.61. The van der Waals surface area contributed by atoms with Crippen LogP contribution in [0.1, 0.15) is 72.2 Å². The Kier molecular flexibility index (Phi) is 6.22. The van der Waals surface area contributed by atoms with Crippen molar-refractivity contribution in [1.82, 2.24) is 4.57 Å². The fourth-order valence-electron chi connectivity index (χ4n) is 6.73. The van der Waals surface area contributed by atoms with Crippen LogP contribution in [0.4, 0.5) is 5.69 Å². The van der Waals surface area contributed by atoms with Gasteiger partial charge in [-0.3, -0.25) is 19.0 Å². The van der Waals surface area contributed by atoms with Gasteiger partial charge >= 0.3 is 5.97 Å². The third kappa shape index (κ3) is 4.26. The zero-order valence-electron chi connectivity index (χ0n) is 21.5. The van der Waals surface area contributed by atoms with Crippen LogP contribution >= 0.6 is 0 Å². The minimum atomic E-state index is -0.489. The average molecular weight is 515 g/mol. The van der Waals surface area contributed by atoms with Gasteiger partial charge in [0.25, 0.3) is 5.91 Å². The van der Waals surface area contributed by atoms with Crippen LogP contribution in [0.25, 0.3) is 22.0 Å². The lowest BCUT2D eigenvalue weighted by Gasteiger charge is -2.44. The van der Waals surface area contributed by atoms with E-state index in [1.54, 1.807) is 6.07 Å². The summed E-state index contributed by atoms with van der Waals surface area (Å²) in [6.07, 6.45) is 7.79. The second-order valence-electron chi connectivity index (χ2n) is 11.2. The number of aromatic nitrogens is 1. The Morgan fingerprint density at radius 3 is 2.50 bits per heavy atom. The molecule has 0 unspecified atom stereocenters. The number of carbonyl (C=O) groups excluding carboxylic acids is 3. The summed E-state index contributed by atoms with van der Waals surface area (Å²) in [6.45, 7) is -0.113. The molecule has 1 aliphatic heterocycles. The van der Waals surface area contributed by atoms with Crippen molar-refractivity contribution in [3.8, 4) is 11.1 Å². The summed E-state index contributed by atoms with van der Waals surface area (Å²) in [7, 11) is 0. The van der Waals surface area contributed by atoms with Gasteiger partial charge in [-0.2, -0.15) is 0 Å². The lowest BCUT2D eigenvalue weighted by Crippen LogP contribution is -2.40. The Hall–Kier alpha value is -3.65. The number of hydrogen-bond acceptors (Lipinski definition) is 6. The number of esters is 1. The second kappa shape index (κ2) is 9.58. The number of rotatable bonds is 6. The summed E-state index contributed by atoms with van der Waals surface area (Å²) in [5.74, 6) is -0.694. The molecule has 0 atom stereocenters. The van der Waals surface area contributed by atoms with E-state index in [0.717, 1.165) is 72.7 Å². The van der Waals surface area contributed by atoms with Crippen LogP contribution in [0.15, 0.2) is 42.5 Å². The number of nitrogens with zero attached hydrogens (tertiary/aromatic N) is 1. The van der Waals surface area contributed by atoms with Crippen LogP contribution in [0.3, 0.4) is 0 Å². The van der Waals surface area contributed by atoms with Gasteiger partial charge in [0.15, 0.2) is 0 Å². The van der Waals surface area contributed by atoms with Gasteiger partial charge in [0, 0.05) is 34.8 Å². The first-order valence-electron chi connectivity index (χ1n) is 13.6. The van der Waals surface area contributed by atoms with Gasteiger partial charge in [-0.15, -0.1) is 0 Å². The molecule has 198 valence electrons. The predicted molar refractivity (Wildman–Crippen MR) is 146 cm³/mol. The molecule has 2 fully saturated rings. The molecule has 2 aliphatic carbocycles. The lowest BCUT2D eigenvalue weighted by atomic mass is 9.62. The summed E-state index contributed by atoms with van der Waals surface area (Å²) in [4.78, 5) is 37.3. The first kappa shape index (κ1) is 24.7. The maximum Gasteiger partial charge on any atom is 0.319 e. The molecule has 1 amide bonds. The van der Waals surface area contributed by atoms with Gasteiger partial charge in [0.1, 0.15) is 6.10 Å². The van der Waals surface area contributed by atoms with E-state index in [0.29, 0.717) is 17.7 Å². The molecule has 0 radical (unpaired) electrons. The number of carbonyl (C=O) groups is 3. The zero-order chi connectivity index (χ0) is 26.4. The number of nitrogens with two attached hydrogens (primary N) is 2. The van der Waals surface area contributed by atoms with Crippen LogP contribution < -0.4 is 16.8 Å². The number of nitrogens with one attached hydrogen (secondary N) is 1. The topological polar surface area (TPSA) is 129 Å². The molecular formula is C30H34N4O4. The Balaban J connectivity index is 1.36. The Labute approximate surface area is 221 Å². The summed E-state index contributed by atoms with van der Waals surface area (Å²) < 4.78 is 7.33. The minimum absolute atomic E-state index is 0.0798. The molecule has 0 bridgehead atoms. The van der Waals surface area contributed by atoms with Crippen LogP contribution in [-0.2, 0) is 16.0 Å². The number of ether oxygens (including phenoxy) is 1. The number of fused-ring (bicyclic) bond motifs is 3. The van der Waals surface area contributed by atoms with Crippen molar-refractivity contribution < 1.29 is 19.1 Å². The van der Waals surface area contributed by atoms with E-state index in [9.17, 15) is 14.4 Å². The van der Waals surface area contributed by atoms with Gasteiger partial charge in [0.05, 0.1) is 17.6 Å². The van der Waals surface area contributed by atoms with E-state index in [-0.39, 0.29) is 36.0 Å². The predicted octanol–water partition coefficient (Wildman–Crippen LogP) is 4.39. The first-order valence-corrected chi connectivity index (χ1v) is 13.6. The van der Waals surface area contributed by atoms with Crippen molar-refractivity contribution in [3.63, 3.8) is 0 Å². The maximum atomic E-state index is 13.4. The van der Waals surface area contributed by atoms with Crippen LogP contribution in [0.2, 0.25) is 0 Å². The summed E-state index contributed by atoms with van der Waals surface area (Å²) in [5.41, 5.74) is 16.4.